The molecule has 6 nitrogen and oxygen atoms in total. The molecule has 0 aliphatic rings. The summed E-state index contributed by atoms with van der Waals surface area (Å²) in [7, 11) is 1.56. The van der Waals surface area contributed by atoms with Crippen LogP contribution in [0.2, 0.25) is 0 Å². The summed E-state index contributed by atoms with van der Waals surface area (Å²) in [5.41, 5.74) is 1.97. The molecule has 0 aliphatic carbocycles. The molecule has 2 amide bonds. The Morgan fingerprint density at radius 3 is 2.41 bits per heavy atom. The molecular formula is C22H20FN3O3. The van der Waals surface area contributed by atoms with E-state index in [1.54, 1.807) is 43.5 Å². The molecule has 0 spiro atoms. The summed E-state index contributed by atoms with van der Waals surface area (Å²) in [6.07, 6.45) is 1.99. The van der Waals surface area contributed by atoms with E-state index in [9.17, 15) is 14.0 Å². The number of halogens is 1. The van der Waals surface area contributed by atoms with E-state index in [1.165, 1.54) is 30.5 Å². The maximum atomic E-state index is 12.9. The summed E-state index contributed by atoms with van der Waals surface area (Å²) in [5.74, 6) is -0.348. The largest absolute Gasteiger partial charge is 0.497 e. The molecule has 0 saturated heterocycles. The van der Waals surface area contributed by atoms with Crippen LogP contribution in [-0.4, -0.2) is 30.5 Å². The van der Waals surface area contributed by atoms with Crippen molar-refractivity contribution in [3.63, 3.8) is 0 Å². The first-order chi connectivity index (χ1) is 14.0. The highest BCUT2D eigenvalue weighted by Gasteiger charge is 2.12. The molecule has 2 aromatic carbocycles. The van der Waals surface area contributed by atoms with E-state index < -0.39 is 5.91 Å². The number of nitrogens with one attached hydrogen (secondary N) is 2. The molecule has 148 valence electrons. The number of nitrogens with zero attached hydrogens (tertiary/aromatic N) is 1. The number of carbonyl (C=O) groups excluding carboxylic acids is 2. The minimum Gasteiger partial charge on any atom is -0.497 e. The molecule has 0 bridgehead atoms. The van der Waals surface area contributed by atoms with Crippen LogP contribution in [0, 0.1) is 5.82 Å². The smallest absolute Gasteiger partial charge is 0.274 e. The number of anilines is 1. The van der Waals surface area contributed by atoms with Crippen molar-refractivity contribution in [2.75, 3.05) is 19.0 Å². The third-order valence-electron chi connectivity index (χ3n) is 4.22. The second-order valence-corrected chi connectivity index (χ2v) is 6.24. The van der Waals surface area contributed by atoms with Crippen LogP contribution >= 0.6 is 0 Å². The lowest BCUT2D eigenvalue weighted by molar-refractivity contribution is 0.0954. The number of pyridine rings is 1. The van der Waals surface area contributed by atoms with Gasteiger partial charge in [0.15, 0.2) is 0 Å². The van der Waals surface area contributed by atoms with Crippen molar-refractivity contribution >= 4 is 17.5 Å². The minimum atomic E-state index is -0.420. The molecule has 7 heteroatoms. The maximum Gasteiger partial charge on any atom is 0.274 e. The fraction of sp³-hybridized carbons (Fsp3) is 0.136. The molecule has 3 rings (SSSR count). The monoisotopic (exact) mass is 393 g/mol. The second-order valence-electron chi connectivity index (χ2n) is 6.24. The number of ether oxygens (including phenoxy) is 1. The Hall–Kier alpha value is -3.74. The van der Waals surface area contributed by atoms with Gasteiger partial charge in [-0.3, -0.25) is 14.6 Å². The Balaban J connectivity index is 1.57. The summed E-state index contributed by atoms with van der Waals surface area (Å²) < 4.78 is 18.0. The number of hydrogen-bond acceptors (Lipinski definition) is 4. The van der Waals surface area contributed by atoms with Crippen LogP contribution in [0.3, 0.4) is 0 Å². The summed E-state index contributed by atoms with van der Waals surface area (Å²) in [6, 6.07) is 16.0. The summed E-state index contributed by atoms with van der Waals surface area (Å²) in [6.45, 7) is 0.389. The normalized spacial score (nSPS) is 10.3. The summed E-state index contributed by atoms with van der Waals surface area (Å²) >= 11 is 0. The van der Waals surface area contributed by atoms with Crippen LogP contribution in [0.1, 0.15) is 26.4 Å². The van der Waals surface area contributed by atoms with Gasteiger partial charge in [0.25, 0.3) is 11.8 Å². The number of aromatic nitrogens is 1. The summed E-state index contributed by atoms with van der Waals surface area (Å²) in [4.78, 5) is 28.8. The average Bonchev–Trinajstić information content (AvgIpc) is 2.75. The zero-order valence-electron chi connectivity index (χ0n) is 15.8. The summed E-state index contributed by atoms with van der Waals surface area (Å²) in [5, 5.41) is 5.51. The zero-order chi connectivity index (χ0) is 20.6. The molecule has 0 atom stereocenters. The molecule has 0 unspecified atom stereocenters. The van der Waals surface area contributed by atoms with Crippen LogP contribution in [0.25, 0.3) is 0 Å². The minimum absolute atomic E-state index is 0.131. The molecule has 0 aliphatic heterocycles. The van der Waals surface area contributed by atoms with Crippen molar-refractivity contribution in [2.45, 2.75) is 6.42 Å². The fourth-order valence-corrected chi connectivity index (χ4v) is 2.64. The first-order valence-electron chi connectivity index (χ1n) is 8.99. The predicted molar refractivity (Wildman–Crippen MR) is 108 cm³/mol. The van der Waals surface area contributed by atoms with Gasteiger partial charge >= 0.3 is 0 Å². The first-order valence-corrected chi connectivity index (χ1v) is 8.99. The third-order valence-corrected chi connectivity index (χ3v) is 4.22. The second kappa shape index (κ2) is 9.45. The van der Waals surface area contributed by atoms with E-state index in [-0.39, 0.29) is 17.4 Å². The van der Waals surface area contributed by atoms with E-state index in [2.05, 4.69) is 15.6 Å². The maximum absolute atomic E-state index is 12.9. The standard InChI is InChI=1S/C22H20FN3O3/c1-29-19-8-6-18(7-9-19)26-22(28)20-14-16(11-13-24-20)21(27)25-12-10-15-2-4-17(23)5-3-15/h2-9,11,13-14H,10,12H2,1H3,(H,25,27)(H,26,28). The van der Waals surface area contributed by atoms with Gasteiger partial charge in [-0.15, -0.1) is 0 Å². The SMILES string of the molecule is COc1ccc(NC(=O)c2cc(C(=O)NCCc3ccc(F)cc3)ccn2)cc1. The van der Waals surface area contributed by atoms with Crippen LogP contribution < -0.4 is 15.4 Å². The molecule has 2 N–H and O–H groups in total. The van der Waals surface area contributed by atoms with E-state index in [1.807, 2.05) is 0 Å². The lowest BCUT2D eigenvalue weighted by Gasteiger charge is -2.08. The van der Waals surface area contributed by atoms with Crippen LogP contribution in [0.5, 0.6) is 5.75 Å². The van der Waals surface area contributed by atoms with Crippen molar-refractivity contribution in [3.8, 4) is 5.75 Å². The molecule has 3 aromatic rings. The van der Waals surface area contributed by atoms with Crippen LogP contribution in [0.4, 0.5) is 10.1 Å². The Bertz CT molecular complexity index is 989. The molecule has 1 aromatic heterocycles. The zero-order valence-corrected chi connectivity index (χ0v) is 15.8. The number of rotatable bonds is 7. The molecule has 0 fully saturated rings. The van der Waals surface area contributed by atoms with Gasteiger partial charge in [0.05, 0.1) is 7.11 Å². The molecular weight excluding hydrogens is 373 g/mol. The van der Waals surface area contributed by atoms with Gasteiger partial charge in [0.2, 0.25) is 0 Å². The van der Waals surface area contributed by atoms with Crippen LogP contribution in [0.15, 0.2) is 66.9 Å². The number of hydrogen-bond donors (Lipinski definition) is 2. The van der Waals surface area contributed by atoms with Gasteiger partial charge in [-0.1, -0.05) is 12.1 Å². The Morgan fingerprint density at radius 2 is 1.72 bits per heavy atom. The van der Waals surface area contributed by atoms with E-state index >= 15 is 0 Å². The quantitative estimate of drug-likeness (QED) is 0.644. The highest BCUT2D eigenvalue weighted by Crippen LogP contribution is 2.16. The highest BCUT2D eigenvalue weighted by atomic mass is 19.1. The van der Waals surface area contributed by atoms with Gasteiger partial charge in [0, 0.05) is 24.0 Å². The van der Waals surface area contributed by atoms with Crippen molar-refractivity contribution in [2.24, 2.45) is 0 Å². The number of amides is 2. The van der Waals surface area contributed by atoms with E-state index in [0.29, 0.717) is 30.0 Å². The van der Waals surface area contributed by atoms with Crippen molar-refractivity contribution in [3.05, 3.63) is 89.5 Å². The third kappa shape index (κ3) is 5.62. The van der Waals surface area contributed by atoms with Gasteiger partial charge in [-0.25, -0.2) is 4.39 Å². The Labute approximate surface area is 167 Å². The average molecular weight is 393 g/mol. The van der Waals surface area contributed by atoms with Crippen molar-refractivity contribution in [1.29, 1.82) is 0 Å². The lowest BCUT2D eigenvalue weighted by Crippen LogP contribution is -2.26. The Kier molecular flexibility index (Phi) is 6.52. The van der Waals surface area contributed by atoms with E-state index in [0.717, 1.165) is 5.56 Å². The predicted octanol–water partition coefficient (Wildman–Crippen LogP) is 3.45. The van der Waals surface area contributed by atoms with Gasteiger partial charge in [-0.05, 0) is 60.5 Å². The molecule has 0 radical (unpaired) electrons. The molecule has 29 heavy (non-hydrogen) atoms. The number of carbonyl (C=O) groups is 2. The first kappa shape index (κ1) is 20.0. The lowest BCUT2D eigenvalue weighted by atomic mass is 10.1. The van der Waals surface area contributed by atoms with E-state index in [4.69, 9.17) is 4.74 Å². The molecule has 1 heterocycles. The molecule has 0 saturated carbocycles. The van der Waals surface area contributed by atoms with Crippen molar-refractivity contribution in [1.82, 2.24) is 10.3 Å². The number of methoxy groups -OCH3 is 1. The van der Waals surface area contributed by atoms with Crippen LogP contribution in [-0.2, 0) is 6.42 Å². The Morgan fingerprint density at radius 1 is 1.00 bits per heavy atom. The van der Waals surface area contributed by atoms with Gasteiger partial charge in [-0.2, -0.15) is 0 Å². The number of benzene rings is 2. The fourth-order valence-electron chi connectivity index (χ4n) is 2.64. The van der Waals surface area contributed by atoms with Gasteiger partial charge < -0.3 is 15.4 Å². The highest BCUT2D eigenvalue weighted by molar-refractivity contribution is 6.04. The van der Waals surface area contributed by atoms with Gasteiger partial charge in [0.1, 0.15) is 17.3 Å². The van der Waals surface area contributed by atoms with Crippen molar-refractivity contribution < 1.29 is 18.7 Å². The topological polar surface area (TPSA) is 80.3 Å².